The van der Waals surface area contributed by atoms with Crippen LogP contribution in [0.4, 0.5) is 0 Å². The van der Waals surface area contributed by atoms with Crippen LogP contribution in [0.1, 0.15) is 21.5 Å². The molecule has 0 saturated carbocycles. The molecule has 23 heavy (non-hydrogen) atoms. The lowest BCUT2D eigenvalue weighted by Crippen LogP contribution is -2.31. The molecule has 0 bridgehead atoms. The summed E-state index contributed by atoms with van der Waals surface area (Å²) in [5, 5.41) is 0. The lowest BCUT2D eigenvalue weighted by atomic mass is 9.97. The van der Waals surface area contributed by atoms with E-state index >= 15 is 0 Å². The Morgan fingerprint density at radius 3 is 2.57 bits per heavy atom. The van der Waals surface area contributed by atoms with Crippen molar-refractivity contribution in [1.82, 2.24) is 9.62 Å². The smallest absolute Gasteiger partial charge is 0.265 e. The fourth-order valence-electron chi connectivity index (χ4n) is 2.67. The van der Waals surface area contributed by atoms with E-state index in [-0.39, 0.29) is 4.90 Å². The minimum absolute atomic E-state index is 0.0768. The molecule has 0 aromatic heterocycles. The van der Waals surface area contributed by atoms with E-state index in [0.29, 0.717) is 5.56 Å². The van der Waals surface area contributed by atoms with E-state index in [2.05, 4.69) is 16.7 Å². The first-order valence-electron chi connectivity index (χ1n) is 7.38. The van der Waals surface area contributed by atoms with E-state index in [1.165, 1.54) is 17.7 Å². The molecule has 0 atom stereocenters. The number of sulfonamides is 1. The molecule has 0 aliphatic carbocycles. The Morgan fingerprint density at radius 1 is 1.09 bits per heavy atom. The van der Waals surface area contributed by atoms with Crippen molar-refractivity contribution < 1.29 is 13.2 Å². The van der Waals surface area contributed by atoms with E-state index in [4.69, 9.17) is 0 Å². The Bertz CT molecular complexity index is 832. The van der Waals surface area contributed by atoms with Gasteiger partial charge in [-0.1, -0.05) is 24.3 Å². The Morgan fingerprint density at radius 2 is 1.83 bits per heavy atom. The van der Waals surface area contributed by atoms with Gasteiger partial charge in [0.15, 0.2) is 0 Å². The number of benzene rings is 2. The number of likely N-dealkylation sites (N-methyl/N-ethyl adjacent to an activating group) is 1. The monoisotopic (exact) mass is 330 g/mol. The van der Waals surface area contributed by atoms with Crippen molar-refractivity contribution in [2.24, 2.45) is 0 Å². The van der Waals surface area contributed by atoms with Crippen LogP contribution in [-0.2, 0) is 23.0 Å². The van der Waals surface area contributed by atoms with Gasteiger partial charge < -0.3 is 4.90 Å². The van der Waals surface area contributed by atoms with Crippen LogP contribution < -0.4 is 4.72 Å². The van der Waals surface area contributed by atoms with Crippen molar-refractivity contribution in [3.8, 4) is 0 Å². The number of amides is 1. The molecule has 0 spiro atoms. The highest BCUT2D eigenvalue weighted by molar-refractivity contribution is 7.90. The van der Waals surface area contributed by atoms with Crippen LogP contribution in [0.2, 0.25) is 0 Å². The van der Waals surface area contributed by atoms with E-state index in [9.17, 15) is 13.2 Å². The van der Waals surface area contributed by atoms with Crippen molar-refractivity contribution in [1.29, 1.82) is 0 Å². The van der Waals surface area contributed by atoms with Gasteiger partial charge in [-0.15, -0.1) is 0 Å². The van der Waals surface area contributed by atoms with Crippen LogP contribution in [0.15, 0.2) is 53.4 Å². The van der Waals surface area contributed by atoms with Gasteiger partial charge in [-0.2, -0.15) is 0 Å². The van der Waals surface area contributed by atoms with Crippen molar-refractivity contribution >= 4 is 15.9 Å². The minimum atomic E-state index is -3.85. The van der Waals surface area contributed by atoms with Gasteiger partial charge in [0.05, 0.1) is 4.90 Å². The van der Waals surface area contributed by atoms with E-state index in [1.54, 1.807) is 30.3 Å². The van der Waals surface area contributed by atoms with Crippen LogP contribution in [0.3, 0.4) is 0 Å². The zero-order valence-corrected chi connectivity index (χ0v) is 13.6. The summed E-state index contributed by atoms with van der Waals surface area (Å²) in [7, 11) is -1.79. The summed E-state index contributed by atoms with van der Waals surface area (Å²) in [6.45, 7) is 1.78. The Balaban J connectivity index is 1.82. The molecule has 0 unspecified atom stereocenters. The van der Waals surface area contributed by atoms with Crippen LogP contribution >= 0.6 is 0 Å². The third-order valence-electron chi connectivity index (χ3n) is 3.95. The van der Waals surface area contributed by atoms with E-state index in [1.807, 2.05) is 6.07 Å². The van der Waals surface area contributed by atoms with Crippen molar-refractivity contribution in [3.63, 3.8) is 0 Å². The fraction of sp³-hybridized carbons (Fsp3) is 0.235. The topological polar surface area (TPSA) is 66.5 Å². The van der Waals surface area contributed by atoms with E-state index in [0.717, 1.165) is 25.1 Å². The second-order valence-electron chi connectivity index (χ2n) is 5.72. The predicted molar refractivity (Wildman–Crippen MR) is 87.6 cm³/mol. The minimum Gasteiger partial charge on any atom is -0.302 e. The Hall–Kier alpha value is -2.18. The van der Waals surface area contributed by atoms with Gasteiger partial charge in [-0.3, -0.25) is 4.79 Å². The number of nitrogens with zero attached hydrogens (tertiary/aromatic N) is 1. The maximum absolute atomic E-state index is 12.3. The summed E-state index contributed by atoms with van der Waals surface area (Å²) < 4.78 is 26.5. The first kappa shape index (κ1) is 15.7. The molecule has 0 radical (unpaired) electrons. The first-order valence-corrected chi connectivity index (χ1v) is 8.86. The lowest BCUT2D eigenvalue weighted by molar-refractivity contribution is 0.0981. The second kappa shape index (κ2) is 6.14. The average Bonchev–Trinajstić information content (AvgIpc) is 2.54. The van der Waals surface area contributed by atoms with Crippen molar-refractivity contribution in [3.05, 3.63) is 65.2 Å². The second-order valence-corrected chi connectivity index (χ2v) is 7.40. The van der Waals surface area contributed by atoms with Crippen LogP contribution in [0, 0.1) is 0 Å². The highest BCUT2D eigenvalue weighted by Gasteiger charge is 2.20. The Labute approximate surface area is 136 Å². The molecule has 1 N–H and O–H groups in total. The number of hydrogen-bond acceptors (Lipinski definition) is 4. The number of carbonyl (C=O) groups excluding carboxylic acids is 1. The molecule has 5 nitrogen and oxygen atoms in total. The molecule has 3 rings (SSSR count). The SMILES string of the molecule is CN1CCc2cc(C(=O)NS(=O)(=O)c3ccccc3)ccc2C1. The molecule has 2 aromatic rings. The third kappa shape index (κ3) is 3.43. The highest BCUT2D eigenvalue weighted by Crippen LogP contribution is 2.19. The summed E-state index contributed by atoms with van der Waals surface area (Å²) in [6, 6.07) is 13.2. The number of fused-ring (bicyclic) bond motifs is 1. The molecule has 6 heteroatoms. The summed E-state index contributed by atoms with van der Waals surface area (Å²) in [5.74, 6) is -0.601. The standard InChI is InChI=1S/C17H18N2O3S/c1-19-10-9-13-11-14(7-8-15(13)12-19)17(20)18-23(21,22)16-5-3-2-4-6-16/h2-8,11H,9-10,12H2,1H3,(H,18,20). The summed E-state index contributed by atoms with van der Waals surface area (Å²) in [5.41, 5.74) is 2.65. The third-order valence-corrected chi connectivity index (χ3v) is 5.30. The lowest BCUT2D eigenvalue weighted by Gasteiger charge is -2.25. The Kier molecular flexibility index (Phi) is 4.19. The maximum atomic E-state index is 12.3. The molecule has 0 fully saturated rings. The van der Waals surface area contributed by atoms with Gasteiger partial charge in [-0.25, -0.2) is 13.1 Å². The van der Waals surface area contributed by atoms with Crippen LogP contribution in [0.25, 0.3) is 0 Å². The molecule has 1 heterocycles. The largest absolute Gasteiger partial charge is 0.302 e. The molecule has 2 aromatic carbocycles. The zero-order chi connectivity index (χ0) is 16.4. The molecule has 1 amide bonds. The van der Waals surface area contributed by atoms with Gasteiger partial charge in [-0.05, 0) is 48.9 Å². The summed E-state index contributed by atoms with van der Waals surface area (Å²) in [6.07, 6.45) is 0.860. The average molecular weight is 330 g/mol. The zero-order valence-electron chi connectivity index (χ0n) is 12.8. The maximum Gasteiger partial charge on any atom is 0.265 e. The summed E-state index contributed by atoms with van der Waals surface area (Å²) in [4.78, 5) is 14.6. The van der Waals surface area contributed by atoms with Gasteiger partial charge >= 0.3 is 0 Å². The van der Waals surface area contributed by atoms with Crippen LogP contribution in [-0.4, -0.2) is 32.8 Å². The summed E-state index contributed by atoms with van der Waals surface area (Å²) >= 11 is 0. The first-order chi connectivity index (χ1) is 11.0. The molecular weight excluding hydrogens is 312 g/mol. The fourth-order valence-corrected chi connectivity index (χ4v) is 3.67. The van der Waals surface area contributed by atoms with Gasteiger partial charge in [0.2, 0.25) is 0 Å². The van der Waals surface area contributed by atoms with Gasteiger partial charge in [0.25, 0.3) is 15.9 Å². The van der Waals surface area contributed by atoms with Crippen LogP contribution in [0.5, 0.6) is 0 Å². The highest BCUT2D eigenvalue weighted by atomic mass is 32.2. The molecular formula is C17H18N2O3S. The van der Waals surface area contributed by atoms with Crippen molar-refractivity contribution in [2.75, 3.05) is 13.6 Å². The number of carbonyl (C=O) groups is 1. The predicted octanol–water partition coefficient (Wildman–Crippen LogP) is 1.79. The van der Waals surface area contributed by atoms with Gasteiger partial charge in [0.1, 0.15) is 0 Å². The molecule has 120 valence electrons. The number of nitrogens with one attached hydrogen (secondary N) is 1. The number of hydrogen-bond donors (Lipinski definition) is 1. The molecule has 1 aliphatic rings. The number of rotatable bonds is 3. The van der Waals surface area contributed by atoms with Crippen molar-refractivity contribution in [2.45, 2.75) is 17.9 Å². The van der Waals surface area contributed by atoms with Gasteiger partial charge in [0, 0.05) is 18.7 Å². The molecule has 1 aliphatic heterocycles. The van der Waals surface area contributed by atoms with E-state index < -0.39 is 15.9 Å². The normalized spacial score (nSPS) is 15.0. The molecule has 0 saturated heterocycles. The quantitative estimate of drug-likeness (QED) is 0.932.